The second-order valence-corrected chi connectivity index (χ2v) is 4.85. The summed E-state index contributed by atoms with van der Waals surface area (Å²) >= 11 is 0. The van der Waals surface area contributed by atoms with Gasteiger partial charge in [-0.1, -0.05) is 6.07 Å². The fourth-order valence-electron chi connectivity index (χ4n) is 2.61. The highest BCUT2D eigenvalue weighted by molar-refractivity contribution is 5.85. The lowest BCUT2D eigenvalue weighted by atomic mass is 10.00. The van der Waals surface area contributed by atoms with Gasteiger partial charge in [0, 0.05) is 50.3 Å². The van der Waals surface area contributed by atoms with Gasteiger partial charge >= 0.3 is 0 Å². The Morgan fingerprint density at radius 2 is 2.00 bits per heavy atom. The lowest BCUT2D eigenvalue weighted by Gasteiger charge is -2.35. The first kappa shape index (κ1) is 17.9. The quantitative estimate of drug-likeness (QED) is 0.874. The summed E-state index contributed by atoms with van der Waals surface area (Å²) in [5.41, 5.74) is 0.701. The van der Waals surface area contributed by atoms with Crippen molar-refractivity contribution in [3.63, 3.8) is 0 Å². The average molecular weight is 323 g/mol. The van der Waals surface area contributed by atoms with E-state index in [4.69, 9.17) is 4.74 Å². The zero-order valence-electron chi connectivity index (χ0n) is 11.9. The number of aromatic hydroxyl groups is 1. The zero-order valence-corrected chi connectivity index (χ0v) is 12.7. The molecule has 2 N–H and O–H groups in total. The molecule has 0 spiro atoms. The smallest absolute Gasteiger partial charge is 0.240 e. The molecule has 1 aliphatic rings. The molecule has 0 radical (unpaired) electrons. The molecule has 1 aromatic rings. The van der Waals surface area contributed by atoms with E-state index in [1.807, 2.05) is 4.90 Å². The summed E-state index contributed by atoms with van der Waals surface area (Å²) < 4.78 is 31.0. The van der Waals surface area contributed by atoms with Crippen LogP contribution in [0.25, 0.3) is 0 Å². The van der Waals surface area contributed by atoms with Gasteiger partial charge in [0.25, 0.3) is 0 Å². The maximum Gasteiger partial charge on any atom is 0.240 e. The van der Waals surface area contributed by atoms with Crippen molar-refractivity contribution in [2.24, 2.45) is 0 Å². The minimum atomic E-state index is -2.38. The summed E-state index contributed by atoms with van der Waals surface area (Å²) in [4.78, 5) is 2.04. The van der Waals surface area contributed by atoms with E-state index in [0.29, 0.717) is 11.3 Å². The van der Waals surface area contributed by atoms with E-state index < -0.39 is 12.5 Å². The number of ether oxygens (including phenoxy) is 1. The Hall–Kier alpha value is -1.11. The van der Waals surface area contributed by atoms with Crippen molar-refractivity contribution < 1.29 is 18.6 Å². The Morgan fingerprint density at radius 1 is 1.33 bits per heavy atom. The molecule has 4 nitrogen and oxygen atoms in total. The summed E-state index contributed by atoms with van der Waals surface area (Å²) in [6.07, 6.45) is -2.62. The highest BCUT2D eigenvalue weighted by atomic mass is 35.5. The van der Waals surface area contributed by atoms with Gasteiger partial charge in [0.2, 0.25) is 6.43 Å². The molecule has 1 atom stereocenters. The first-order chi connectivity index (χ1) is 9.61. The third-order valence-corrected chi connectivity index (χ3v) is 3.57. The van der Waals surface area contributed by atoms with Crippen LogP contribution in [0.4, 0.5) is 8.78 Å². The number of nitrogens with one attached hydrogen (secondary N) is 1. The Kier molecular flexibility index (Phi) is 7.14. The molecule has 1 fully saturated rings. The van der Waals surface area contributed by atoms with Crippen molar-refractivity contribution in [3.8, 4) is 11.5 Å². The van der Waals surface area contributed by atoms with Crippen LogP contribution in [0.15, 0.2) is 18.2 Å². The Morgan fingerprint density at radius 3 is 2.57 bits per heavy atom. The highest BCUT2D eigenvalue weighted by Crippen LogP contribution is 2.35. The highest BCUT2D eigenvalue weighted by Gasteiger charge is 2.27. The fourth-order valence-corrected chi connectivity index (χ4v) is 2.61. The third kappa shape index (κ3) is 4.69. The van der Waals surface area contributed by atoms with Gasteiger partial charge in [0.1, 0.15) is 11.5 Å². The number of hydrogen-bond donors (Lipinski definition) is 2. The molecule has 1 aliphatic heterocycles. The molecule has 120 valence electrons. The summed E-state index contributed by atoms with van der Waals surface area (Å²) in [6, 6.07) is 4.25. The summed E-state index contributed by atoms with van der Waals surface area (Å²) in [7, 11) is 1.48. The number of methoxy groups -OCH3 is 1. The van der Waals surface area contributed by atoms with Gasteiger partial charge in [-0.25, -0.2) is 8.78 Å². The number of phenolic OH excluding ortho intramolecular Hbond substituents is 1. The van der Waals surface area contributed by atoms with E-state index in [0.717, 1.165) is 26.2 Å². The molecule has 0 saturated carbocycles. The predicted molar refractivity (Wildman–Crippen MR) is 79.7 cm³/mol. The first-order valence-electron chi connectivity index (χ1n) is 6.71. The molecule has 0 unspecified atom stereocenters. The fraction of sp³-hybridized carbons (Fsp3) is 0.571. The monoisotopic (exact) mass is 322 g/mol. The van der Waals surface area contributed by atoms with E-state index in [2.05, 4.69) is 5.32 Å². The van der Waals surface area contributed by atoms with Crippen LogP contribution in [0.3, 0.4) is 0 Å². The van der Waals surface area contributed by atoms with Crippen molar-refractivity contribution in [1.82, 2.24) is 10.2 Å². The number of hydrogen-bond acceptors (Lipinski definition) is 4. The number of nitrogens with zero attached hydrogens (tertiary/aromatic N) is 1. The Balaban J connectivity index is 0.00000220. The number of halogens is 3. The molecule has 0 amide bonds. The number of piperazine rings is 1. The van der Waals surface area contributed by atoms with E-state index in [9.17, 15) is 13.9 Å². The summed E-state index contributed by atoms with van der Waals surface area (Å²) in [6.45, 7) is 3.03. The number of phenols is 1. The van der Waals surface area contributed by atoms with Crippen LogP contribution < -0.4 is 10.1 Å². The molecular weight excluding hydrogens is 302 g/mol. The Labute approximate surface area is 129 Å². The third-order valence-electron chi connectivity index (χ3n) is 3.57. The Bertz CT molecular complexity index is 443. The van der Waals surface area contributed by atoms with Gasteiger partial charge < -0.3 is 15.2 Å². The van der Waals surface area contributed by atoms with Crippen LogP contribution in [0, 0.1) is 0 Å². The van der Waals surface area contributed by atoms with Gasteiger partial charge in [-0.3, -0.25) is 4.90 Å². The number of alkyl halides is 2. The molecule has 0 bridgehead atoms. The number of benzene rings is 1. The molecular formula is C14H21ClF2N2O2. The van der Waals surface area contributed by atoms with Gasteiger partial charge in [-0.05, 0) is 6.07 Å². The standard InChI is InChI=1S/C14H20F2N2O2.ClH/c1-20-13-8-10(19)2-3-11(13)12(9-14(15)16)18-6-4-17-5-7-18;/h2-3,8,12,14,17,19H,4-7,9H2,1H3;1H/t12-;/m0./s1. The molecule has 2 rings (SSSR count). The van der Waals surface area contributed by atoms with Gasteiger partial charge in [-0.15, -0.1) is 12.4 Å². The minimum Gasteiger partial charge on any atom is -0.508 e. The van der Waals surface area contributed by atoms with E-state index in [1.165, 1.54) is 19.2 Å². The van der Waals surface area contributed by atoms with E-state index in [-0.39, 0.29) is 24.6 Å². The topological polar surface area (TPSA) is 44.7 Å². The summed E-state index contributed by atoms with van der Waals surface area (Å²) in [5, 5.41) is 12.7. The van der Waals surface area contributed by atoms with Crippen LogP contribution in [-0.2, 0) is 0 Å². The maximum atomic E-state index is 12.9. The minimum absolute atomic E-state index is 0. The van der Waals surface area contributed by atoms with Crippen molar-refractivity contribution in [2.75, 3.05) is 33.3 Å². The second kappa shape index (κ2) is 8.36. The predicted octanol–water partition coefficient (Wildman–Crippen LogP) is 2.42. The number of rotatable bonds is 5. The average Bonchev–Trinajstić information content (AvgIpc) is 2.45. The second-order valence-electron chi connectivity index (χ2n) is 4.85. The lowest BCUT2D eigenvalue weighted by molar-refractivity contribution is 0.0729. The van der Waals surface area contributed by atoms with Crippen molar-refractivity contribution >= 4 is 12.4 Å². The van der Waals surface area contributed by atoms with Crippen LogP contribution in [0.2, 0.25) is 0 Å². The normalized spacial score (nSPS) is 17.3. The van der Waals surface area contributed by atoms with Crippen LogP contribution in [-0.4, -0.2) is 49.7 Å². The van der Waals surface area contributed by atoms with Crippen molar-refractivity contribution in [2.45, 2.75) is 18.9 Å². The van der Waals surface area contributed by atoms with Crippen molar-refractivity contribution in [3.05, 3.63) is 23.8 Å². The molecule has 1 saturated heterocycles. The molecule has 1 heterocycles. The SMILES string of the molecule is COc1cc(O)ccc1[C@H](CC(F)F)N1CCNCC1.Cl. The molecule has 7 heteroatoms. The maximum absolute atomic E-state index is 12.9. The first-order valence-corrected chi connectivity index (χ1v) is 6.71. The van der Waals surface area contributed by atoms with E-state index >= 15 is 0 Å². The lowest BCUT2D eigenvalue weighted by Crippen LogP contribution is -2.45. The van der Waals surface area contributed by atoms with E-state index in [1.54, 1.807) is 6.07 Å². The van der Waals surface area contributed by atoms with Crippen LogP contribution >= 0.6 is 12.4 Å². The molecule has 21 heavy (non-hydrogen) atoms. The van der Waals surface area contributed by atoms with Crippen LogP contribution in [0.5, 0.6) is 11.5 Å². The molecule has 0 aromatic heterocycles. The largest absolute Gasteiger partial charge is 0.508 e. The van der Waals surface area contributed by atoms with Gasteiger partial charge in [0.05, 0.1) is 7.11 Å². The van der Waals surface area contributed by atoms with Crippen LogP contribution in [0.1, 0.15) is 18.0 Å². The zero-order chi connectivity index (χ0) is 14.5. The summed E-state index contributed by atoms with van der Waals surface area (Å²) in [5.74, 6) is 0.524. The molecule has 0 aliphatic carbocycles. The van der Waals surface area contributed by atoms with Crippen molar-refractivity contribution in [1.29, 1.82) is 0 Å². The van der Waals surface area contributed by atoms with Gasteiger partial charge in [0.15, 0.2) is 0 Å². The van der Waals surface area contributed by atoms with Gasteiger partial charge in [-0.2, -0.15) is 0 Å². The molecule has 1 aromatic carbocycles.